The number of rotatable bonds is 3. The zero-order chi connectivity index (χ0) is 10.5. The van der Waals surface area contributed by atoms with E-state index in [1.165, 1.54) is 25.7 Å². The highest BCUT2D eigenvalue weighted by molar-refractivity contribution is 5.24. The summed E-state index contributed by atoms with van der Waals surface area (Å²) in [6, 6.07) is 2.28. The van der Waals surface area contributed by atoms with Crippen LogP contribution in [-0.2, 0) is 0 Å². The van der Waals surface area contributed by atoms with Crippen LogP contribution < -0.4 is 11.1 Å². The lowest BCUT2D eigenvalue weighted by Crippen LogP contribution is -2.37. The summed E-state index contributed by atoms with van der Waals surface area (Å²) in [6.07, 6.45) is 8.50. The molecule has 2 rings (SSSR count). The van der Waals surface area contributed by atoms with Gasteiger partial charge < -0.3 is 11.1 Å². The van der Waals surface area contributed by atoms with Gasteiger partial charge in [0.2, 0.25) is 5.95 Å². The van der Waals surface area contributed by atoms with E-state index in [0.29, 0.717) is 12.0 Å². The molecule has 1 fully saturated rings. The van der Waals surface area contributed by atoms with Gasteiger partial charge in [-0.2, -0.15) is 0 Å². The molecule has 0 spiro atoms. The fourth-order valence-corrected chi connectivity index (χ4v) is 2.22. The number of hydrogen-bond acceptors (Lipinski definition) is 4. The Bertz CT molecular complexity index is 288. The van der Waals surface area contributed by atoms with E-state index >= 15 is 0 Å². The summed E-state index contributed by atoms with van der Waals surface area (Å²) in [4.78, 5) is 8.36. The third kappa shape index (κ3) is 2.65. The lowest BCUT2D eigenvalue weighted by Gasteiger charge is -2.31. The van der Waals surface area contributed by atoms with Crippen LogP contribution in [0.2, 0.25) is 0 Å². The average Bonchev–Trinajstić information content (AvgIpc) is 2.31. The van der Waals surface area contributed by atoms with Gasteiger partial charge in [-0.3, -0.25) is 0 Å². The summed E-state index contributed by atoms with van der Waals surface area (Å²) < 4.78 is 0. The van der Waals surface area contributed by atoms with E-state index in [1.54, 1.807) is 12.4 Å². The molecule has 1 aliphatic rings. The van der Waals surface area contributed by atoms with E-state index in [9.17, 15) is 0 Å². The van der Waals surface area contributed by atoms with Crippen molar-refractivity contribution in [3.63, 3.8) is 0 Å². The maximum atomic E-state index is 5.77. The smallest absolute Gasteiger partial charge is 0.222 e. The molecule has 1 aromatic heterocycles. The van der Waals surface area contributed by atoms with Crippen molar-refractivity contribution in [2.24, 2.45) is 11.7 Å². The molecule has 4 heteroatoms. The molecule has 15 heavy (non-hydrogen) atoms. The molecule has 1 saturated carbocycles. The lowest BCUT2D eigenvalue weighted by atomic mass is 9.84. The molecule has 0 bridgehead atoms. The first-order valence-electron chi connectivity index (χ1n) is 5.64. The zero-order valence-electron chi connectivity index (χ0n) is 8.89. The van der Waals surface area contributed by atoms with Gasteiger partial charge in [-0.25, -0.2) is 9.97 Å². The third-order valence-electron chi connectivity index (χ3n) is 3.09. The van der Waals surface area contributed by atoms with Crippen molar-refractivity contribution >= 4 is 5.95 Å². The highest BCUT2D eigenvalue weighted by atomic mass is 15.1. The van der Waals surface area contributed by atoms with Gasteiger partial charge >= 0.3 is 0 Å². The van der Waals surface area contributed by atoms with Crippen LogP contribution in [0.3, 0.4) is 0 Å². The van der Waals surface area contributed by atoms with Gasteiger partial charge in [0.15, 0.2) is 0 Å². The van der Waals surface area contributed by atoms with Crippen molar-refractivity contribution < 1.29 is 0 Å². The topological polar surface area (TPSA) is 63.8 Å². The van der Waals surface area contributed by atoms with Gasteiger partial charge in [0.25, 0.3) is 0 Å². The van der Waals surface area contributed by atoms with E-state index in [4.69, 9.17) is 5.73 Å². The Morgan fingerprint density at radius 3 is 2.73 bits per heavy atom. The number of nitrogens with two attached hydrogens (primary N) is 1. The highest BCUT2D eigenvalue weighted by Crippen LogP contribution is 2.25. The second kappa shape index (κ2) is 5.07. The highest BCUT2D eigenvalue weighted by Gasteiger charge is 2.24. The molecule has 82 valence electrons. The van der Waals surface area contributed by atoms with Gasteiger partial charge in [-0.05, 0) is 31.4 Å². The lowest BCUT2D eigenvalue weighted by molar-refractivity contribution is 0.331. The molecule has 2 atom stereocenters. The van der Waals surface area contributed by atoms with Crippen LogP contribution in [0.15, 0.2) is 18.5 Å². The van der Waals surface area contributed by atoms with Crippen molar-refractivity contribution in [1.29, 1.82) is 0 Å². The number of hydrogen-bond donors (Lipinski definition) is 2. The molecule has 3 N–H and O–H groups in total. The van der Waals surface area contributed by atoms with E-state index in [-0.39, 0.29) is 0 Å². The molecule has 0 saturated heterocycles. The second-order valence-corrected chi connectivity index (χ2v) is 4.10. The SMILES string of the molecule is NCC1CCCCC1Nc1ncccn1. The molecule has 0 radical (unpaired) electrons. The van der Waals surface area contributed by atoms with Crippen molar-refractivity contribution in [3.8, 4) is 0 Å². The van der Waals surface area contributed by atoms with Crippen LogP contribution in [0, 0.1) is 5.92 Å². The van der Waals surface area contributed by atoms with Gasteiger partial charge in [0, 0.05) is 18.4 Å². The molecule has 0 amide bonds. The first-order chi connectivity index (χ1) is 7.40. The van der Waals surface area contributed by atoms with Crippen LogP contribution in [0.25, 0.3) is 0 Å². The Morgan fingerprint density at radius 1 is 1.27 bits per heavy atom. The minimum Gasteiger partial charge on any atom is -0.351 e. The quantitative estimate of drug-likeness (QED) is 0.784. The minimum absolute atomic E-state index is 0.450. The fraction of sp³-hybridized carbons (Fsp3) is 0.636. The van der Waals surface area contributed by atoms with Crippen LogP contribution >= 0.6 is 0 Å². The second-order valence-electron chi connectivity index (χ2n) is 4.10. The molecule has 1 aliphatic carbocycles. The summed E-state index contributed by atoms with van der Waals surface area (Å²) in [7, 11) is 0. The monoisotopic (exact) mass is 206 g/mol. The summed E-state index contributed by atoms with van der Waals surface area (Å²) >= 11 is 0. The molecule has 2 unspecified atom stereocenters. The van der Waals surface area contributed by atoms with Crippen molar-refractivity contribution in [3.05, 3.63) is 18.5 Å². The van der Waals surface area contributed by atoms with Crippen LogP contribution in [0.4, 0.5) is 5.95 Å². The largest absolute Gasteiger partial charge is 0.351 e. The number of aromatic nitrogens is 2. The predicted octanol–water partition coefficient (Wildman–Crippen LogP) is 1.41. The summed E-state index contributed by atoms with van der Waals surface area (Å²) in [5.74, 6) is 1.30. The minimum atomic E-state index is 0.450. The maximum Gasteiger partial charge on any atom is 0.222 e. The van der Waals surface area contributed by atoms with Crippen molar-refractivity contribution in [2.75, 3.05) is 11.9 Å². The molecule has 4 nitrogen and oxygen atoms in total. The normalized spacial score (nSPS) is 26.2. The van der Waals surface area contributed by atoms with E-state index < -0.39 is 0 Å². The van der Waals surface area contributed by atoms with E-state index in [0.717, 1.165) is 12.5 Å². The van der Waals surface area contributed by atoms with Crippen LogP contribution in [0.5, 0.6) is 0 Å². The van der Waals surface area contributed by atoms with E-state index in [2.05, 4.69) is 15.3 Å². The van der Waals surface area contributed by atoms with E-state index in [1.807, 2.05) is 6.07 Å². The molecule has 0 aromatic carbocycles. The van der Waals surface area contributed by atoms with Gasteiger partial charge in [0.1, 0.15) is 0 Å². The van der Waals surface area contributed by atoms with Gasteiger partial charge in [-0.15, -0.1) is 0 Å². The first kappa shape index (κ1) is 10.4. The summed E-state index contributed by atoms with van der Waals surface area (Å²) in [5.41, 5.74) is 5.77. The maximum absolute atomic E-state index is 5.77. The van der Waals surface area contributed by atoms with Crippen LogP contribution in [-0.4, -0.2) is 22.6 Å². The van der Waals surface area contributed by atoms with Crippen molar-refractivity contribution in [2.45, 2.75) is 31.7 Å². The Morgan fingerprint density at radius 2 is 2.00 bits per heavy atom. The number of nitrogens with zero attached hydrogens (tertiary/aromatic N) is 2. The number of anilines is 1. The molecular weight excluding hydrogens is 188 g/mol. The molecule has 1 aromatic rings. The fourth-order valence-electron chi connectivity index (χ4n) is 2.22. The van der Waals surface area contributed by atoms with Gasteiger partial charge in [0.05, 0.1) is 0 Å². The third-order valence-corrected chi connectivity index (χ3v) is 3.09. The Balaban J connectivity index is 1.97. The predicted molar refractivity (Wildman–Crippen MR) is 60.5 cm³/mol. The molecular formula is C11H18N4. The zero-order valence-corrected chi connectivity index (χ0v) is 8.89. The summed E-state index contributed by atoms with van der Waals surface area (Å²) in [5, 5.41) is 3.38. The Kier molecular flexibility index (Phi) is 3.50. The Hall–Kier alpha value is -1.16. The first-order valence-corrected chi connectivity index (χ1v) is 5.64. The average molecular weight is 206 g/mol. The van der Waals surface area contributed by atoms with Gasteiger partial charge in [-0.1, -0.05) is 12.8 Å². The molecule has 1 heterocycles. The standard InChI is InChI=1S/C11H18N4/c12-8-9-4-1-2-5-10(9)15-11-13-6-3-7-14-11/h3,6-7,9-10H,1-2,4-5,8,12H2,(H,13,14,15). The molecule has 0 aliphatic heterocycles. The van der Waals surface area contributed by atoms with Crippen LogP contribution in [0.1, 0.15) is 25.7 Å². The van der Waals surface area contributed by atoms with Crippen molar-refractivity contribution in [1.82, 2.24) is 9.97 Å². The Labute approximate surface area is 90.3 Å². The number of nitrogens with one attached hydrogen (secondary N) is 1. The summed E-state index contributed by atoms with van der Waals surface area (Å²) in [6.45, 7) is 0.754.